The minimum atomic E-state index is 0. The van der Waals surface area contributed by atoms with Crippen LogP contribution < -0.4 is 10.2 Å². The van der Waals surface area contributed by atoms with Gasteiger partial charge in [-0.15, -0.1) is 36.2 Å². The van der Waals surface area contributed by atoms with Crippen LogP contribution in [0.1, 0.15) is 36.4 Å². The first-order valence-electron chi connectivity index (χ1n) is 8.75. The summed E-state index contributed by atoms with van der Waals surface area (Å²) in [5, 5.41) is 4.30. The minimum Gasteiger partial charge on any atom is -0.349 e. The van der Waals surface area contributed by atoms with Crippen LogP contribution in [-0.2, 0) is 0 Å². The third-order valence-electron chi connectivity index (χ3n) is 4.72. The molecule has 0 spiro atoms. The molecule has 26 heavy (non-hydrogen) atoms. The van der Waals surface area contributed by atoms with Crippen molar-refractivity contribution in [3.05, 3.63) is 10.9 Å². The Morgan fingerprint density at radius 2 is 1.92 bits per heavy atom. The molecule has 1 aliphatic heterocycles. The van der Waals surface area contributed by atoms with Crippen molar-refractivity contribution in [2.24, 2.45) is 5.92 Å². The zero-order chi connectivity index (χ0) is 17.1. The van der Waals surface area contributed by atoms with E-state index in [9.17, 15) is 4.79 Å². The maximum absolute atomic E-state index is 12.8. The lowest BCUT2D eigenvalue weighted by atomic mass is 9.97. The molecule has 2 aromatic rings. The molecule has 0 aromatic carbocycles. The monoisotopic (exact) mass is 438 g/mol. The van der Waals surface area contributed by atoms with E-state index in [-0.39, 0.29) is 30.7 Å². The standard InChI is InChI=1S/C17H26N4OS2.2ClH/c1-4-20(5-2)17-19-15-13(24-17)10-14(23-15)16(22)21-8-6-12(7-9-21)11-18-3;;/h10,12,18H,4-9,11H2,1-3H3;2*1H. The van der Waals surface area contributed by atoms with E-state index in [0.29, 0.717) is 5.92 Å². The van der Waals surface area contributed by atoms with E-state index in [0.717, 1.165) is 65.1 Å². The predicted octanol–water partition coefficient (Wildman–Crippen LogP) is 4.12. The highest BCUT2D eigenvalue weighted by Crippen LogP contribution is 2.35. The van der Waals surface area contributed by atoms with E-state index >= 15 is 0 Å². The minimum absolute atomic E-state index is 0. The molecule has 2 aromatic heterocycles. The van der Waals surface area contributed by atoms with Crippen molar-refractivity contribution in [2.75, 3.05) is 44.7 Å². The topological polar surface area (TPSA) is 48.5 Å². The summed E-state index contributed by atoms with van der Waals surface area (Å²) < 4.78 is 1.13. The number of carbonyl (C=O) groups excluding carboxylic acids is 1. The maximum Gasteiger partial charge on any atom is 0.264 e. The van der Waals surface area contributed by atoms with Gasteiger partial charge in [0.05, 0.1) is 9.58 Å². The molecule has 0 atom stereocenters. The van der Waals surface area contributed by atoms with Gasteiger partial charge in [0, 0.05) is 26.2 Å². The number of fused-ring (bicyclic) bond motifs is 1. The average Bonchev–Trinajstić information content (AvgIpc) is 3.15. The van der Waals surface area contributed by atoms with E-state index < -0.39 is 0 Å². The third kappa shape index (κ3) is 5.01. The van der Waals surface area contributed by atoms with Gasteiger partial charge in [-0.25, -0.2) is 4.98 Å². The van der Waals surface area contributed by atoms with E-state index in [1.165, 1.54) is 11.3 Å². The number of anilines is 1. The summed E-state index contributed by atoms with van der Waals surface area (Å²) in [5.74, 6) is 0.877. The number of halogens is 2. The Kier molecular flexibility index (Phi) is 9.61. The molecule has 0 aliphatic carbocycles. The van der Waals surface area contributed by atoms with Crippen LogP contribution in [0.15, 0.2) is 6.07 Å². The van der Waals surface area contributed by atoms with E-state index in [2.05, 4.69) is 24.1 Å². The number of carbonyl (C=O) groups is 1. The Balaban J connectivity index is 0.00000169. The largest absolute Gasteiger partial charge is 0.349 e. The smallest absolute Gasteiger partial charge is 0.264 e. The van der Waals surface area contributed by atoms with Crippen molar-refractivity contribution in [3.63, 3.8) is 0 Å². The zero-order valence-corrected chi connectivity index (χ0v) is 18.8. The summed E-state index contributed by atoms with van der Waals surface area (Å²) in [7, 11) is 2.00. The molecule has 0 unspecified atom stereocenters. The predicted molar refractivity (Wildman–Crippen MR) is 118 cm³/mol. The SMILES string of the molecule is CCN(CC)c1nc2sc(C(=O)N3CCC(CNC)CC3)cc2s1.Cl.Cl. The number of amides is 1. The van der Waals surface area contributed by atoms with E-state index in [4.69, 9.17) is 4.98 Å². The van der Waals surface area contributed by atoms with Gasteiger partial charge < -0.3 is 15.1 Å². The molecule has 148 valence electrons. The summed E-state index contributed by atoms with van der Waals surface area (Å²) in [4.78, 5) is 23.6. The normalized spacial score (nSPS) is 14.8. The van der Waals surface area contributed by atoms with Crippen LogP contribution >= 0.6 is 47.5 Å². The lowest BCUT2D eigenvalue weighted by Crippen LogP contribution is -2.40. The van der Waals surface area contributed by atoms with Gasteiger partial charge in [-0.2, -0.15) is 0 Å². The second-order valence-corrected chi connectivity index (χ2v) is 8.28. The number of hydrogen-bond donors (Lipinski definition) is 1. The van der Waals surface area contributed by atoms with Crippen LogP contribution in [-0.4, -0.2) is 55.6 Å². The van der Waals surface area contributed by atoms with Crippen LogP contribution in [0, 0.1) is 5.92 Å². The van der Waals surface area contributed by atoms with Crippen LogP contribution in [0.4, 0.5) is 5.13 Å². The van der Waals surface area contributed by atoms with Gasteiger partial charge in [0.15, 0.2) is 5.13 Å². The molecule has 0 saturated carbocycles. The van der Waals surface area contributed by atoms with Gasteiger partial charge in [-0.1, -0.05) is 11.3 Å². The fourth-order valence-electron chi connectivity index (χ4n) is 3.24. The van der Waals surface area contributed by atoms with Crippen LogP contribution in [0.3, 0.4) is 0 Å². The van der Waals surface area contributed by atoms with Gasteiger partial charge in [0.1, 0.15) is 4.83 Å². The lowest BCUT2D eigenvalue weighted by molar-refractivity contribution is 0.0696. The molecular formula is C17H28Cl2N4OS2. The molecular weight excluding hydrogens is 411 g/mol. The van der Waals surface area contributed by atoms with Gasteiger partial charge >= 0.3 is 0 Å². The Bertz CT molecular complexity index is 663. The van der Waals surface area contributed by atoms with Crippen molar-refractivity contribution in [3.8, 4) is 0 Å². The van der Waals surface area contributed by atoms with Crippen molar-refractivity contribution in [2.45, 2.75) is 26.7 Å². The first-order valence-corrected chi connectivity index (χ1v) is 10.4. The second-order valence-electron chi connectivity index (χ2n) is 6.24. The molecule has 1 N–H and O–H groups in total. The summed E-state index contributed by atoms with van der Waals surface area (Å²) in [6.07, 6.45) is 2.19. The molecule has 1 fully saturated rings. The molecule has 9 heteroatoms. The van der Waals surface area contributed by atoms with Crippen LogP contribution in [0.2, 0.25) is 0 Å². The average molecular weight is 439 g/mol. The van der Waals surface area contributed by atoms with Gasteiger partial charge in [0.2, 0.25) is 0 Å². The van der Waals surface area contributed by atoms with Crippen LogP contribution in [0.5, 0.6) is 0 Å². The van der Waals surface area contributed by atoms with E-state index in [1.54, 1.807) is 11.3 Å². The molecule has 0 radical (unpaired) electrons. The van der Waals surface area contributed by atoms with Crippen molar-refractivity contribution >= 4 is 68.1 Å². The number of nitrogens with one attached hydrogen (secondary N) is 1. The molecule has 1 aliphatic rings. The number of hydrogen-bond acceptors (Lipinski definition) is 6. The summed E-state index contributed by atoms with van der Waals surface area (Å²) in [5.41, 5.74) is 0. The lowest BCUT2D eigenvalue weighted by Gasteiger charge is -2.31. The van der Waals surface area contributed by atoms with Gasteiger partial charge in [0.25, 0.3) is 5.91 Å². The van der Waals surface area contributed by atoms with Gasteiger partial charge in [-0.05, 0) is 52.3 Å². The fourth-order valence-corrected chi connectivity index (χ4v) is 5.55. The quantitative estimate of drug-likeness (QED) is 0.736. The first-order chi connectivity index (χ1) is 11.7. The Morgan fingerprint density at radius 1 is 1.27 bits per heavy atom. The van der Waals surface area contributed by atoms with E-state index in [1.807, 2.05) is 18.0 Å². The zero-order valence-electron chi connectivity index (χ0n) is 15.5. The Labute approximate surface area is 176 Å². The van der Waals surface area contributed by atoms with Crippen LogP contribution in [0.25, 0.3) is 9.53 Å². The first kappa shape index (κ1) is 23.4. The number of thiophene rings is 1. The highest BCUT2D eigenvalue weighted by molar-refractivity contribution is 7.29. The maximum atomic E-state index is 12.8. The molecule has 1 saturated heterocycles. The van der Waals surface area contributed by atoms with Crippen molar-refractivity contribution < 1.29 is 4.79 Å². The highest BCUT2D eigenvalue weighted by Gasteiger charge is 2.25. The Morgan fingerprint density at radius 3 is 2.46 bits per heavy atom. The molecule has 5 nitrogen and oxygen atoms in total. The molecule has 3 heterocycles. The molecule has 0 bridgehead atoms. The summed E-state index contributed by atoms with van der Waals surface area (Å²) in [6, 6.07) is 2.03. The van der Waals surface area contributed by atoms with Crippen molar-refractivity contribution in [1.29, 1.82) is 0 Å². The number of aromatic nitrogens is 1. The molecule has 3 rings (SSSR count). The van der Waals surface area contributed by atoms with Crippen molar-refractivity contribution in [1.82, 2.24) is 15.2 Å². The number of nitrogens with zero attached hydrogens (tertiary/aromatic N) is 3. The number of thiazole rings is 1. The Hall–Kier alpha value is -0.600. The van der Waals surface area contributed by atoms with Gasteiger partial charge in [-0.3, -0.25) is 4.79 Å². The summed E-state index contributed by atoms with van der Waals surface area (Å²) in [6.45, 7) is 9.00. The number of likely N-dealkylation sites (tertiary alicyclic amines) is 1. The third-order valence-corrected chi connectivity index (χ3v) is 6.93. The number of rotatable bonds is 6. The second kappa shape index (κ2) is 10.7. The number of piperidine rings is 1. The highest BCUT2D eigenvalue weighted by atomic mass is 35.5. The molecule has 1 amide bonds. The fraction of sp³-hybridized carbons (Fsp3) is 0.647. The summed E-state index contributed by atoms with van der Waals surface area (Å²) >= 11 is 3.23.